The smallest absolute Gasteiger partial charge is 0.270 e. The van der Waals surface area contributed by atoms with Gasteiger partial charge in [0.05, 0.1) is 10.6 Å². The summed E-state index contributed by atoms with van der Waals surface area (Å²) in [6, 6.07) is 10.6. The molecule has 0 unspecified atom stereocenters. The highest BCUT2D eigenvalue weighted by molar-refractivity contribution is 9.10. The fourth-order valence-electron chi connectivity index (χ4n) is 1.68. The van der Waals surface area contributed by atoms with E-state index in [1.54, 1.807) is 12.3 Å². The molecule has 0 atom stereocenters. The SMILES string of the molecule is O=[N+]([O-])c1cc(Br)cc(CNCc2ccccn2)c1. The summed E-state index contributed by atoms with van der Waals surface area (Å²) in [4.78, 5) is 14.6. The van der Waals surface area contributed by atoms with Crippen LogP contribution in [0, 0.1) is 10.1 Å². The van der Waals surface area contributed by atoms with E-state index in [4.69, 9.17) is 0 Å². The molecule has 2 aromatic rings. The Morgan fingerprint density at radius 3 is 2.79 bits per heavy atom. The van der Waals surface area contributed by atoms with Gasteiger partial charge < -0.3 is 5.32 Å². The van der Waals surface area contributed by atoms with Crippen molar-refractivity contribution in [1.82, 2.24) is 10.3 Å². The molecule has 0 aliphatic rings. The highest BCUT2D eigenvalue weighted by atomic mass is 79.9. The van der Waals surface area contributed by atoms with Gasteiger partial charge in [0.25, 0.3) is 5.69 Å². The van der Waals surface area contributed by atoms with Crippen molar-refractivity contribution < 1.29 is 4.92 Å². The zero-order valence-corrected chi connectivity index (χ0v) is 11.6. The summed E-state index contributed by atoms with van der Waals surface area (Å²) in [5.41, 5.74) is 1.88. The number of nitro groups is 1. The summed E-state index contributed by atoms with van der Waals surface area (Å²) in [7, 11) is 0. The highest BCUT2D eigenvalue weighted by Gasteiger charge is 2.08. The van der Waals surface area contributed by atoms with E-state index in [0.717, 1.165) is 11.3 Å². The van der Waals surface area contributed by atoms with Crippen molar-refractivity contribution in [3.63, 3.8) is 0 Å². The maximum Gasteiger partial charge on any atom is 0.270 e. The van der Waals surface area contributed by atoms with Gasteiger partial charge in [-0.2, -0.15) is 0 Å². The van der Waals surface area contributed by atoms with Gasteiger partial charge in [-0.3, -0.25) is 15.1 Å². The quantitative estimate of drug-likeness (QED) is 0.679. The molecule has 0 saturated heterocycles. The van der Waals surface area contributed by atoms with Gasteiger partial charge in [-0.1, -0.05) is 22.0 Å². The van der Waals surface area contributed by atoms with Crippen LogP contribution in [0.15, 0.2) is 47.1 Å². The molecule has 0 radical (unpaired) electrons. The summed E-state index contributed by atoms with van der Waals surface area (Å²) in [6.45, 7) is 1.18. The summed E-state index contributed by atoms with van der Waals surface area (Å²) in [6.07, 6.45) is 1.74. The van der Waals surface area contributed by atoms with Crippen LogP contribution in [-0.2, 0) is 13.1 Å². The molecular formula is C13H12BrN3O2. The van der Waals surface area contributed by atoms with E-state index in [-0.39, 0.29) is 5.69 Å². The zero-order valence-electron chi connectivity index (χ0n) is 10.0. The summed E-state index contributed by atoms with van der Waals surface area (Å²) >= 11 is 3.27. The minimum absolute atomic E-state index is 0.0870. The van der Waals surface area contributed by atoms with Crippen molar-refractivity contribution in [2.75, 3.05) is 0 Å². The number of nitro benzene ring substituents is 1. The number of aromatic nitrogens is 1. The van der Waals surface area contributed by atoms with Crippen LogP contribution >= 0.6 is 15.9 Å². The first-order valence-electron chi connectivity index (χ1n) is 5.69. The zero-order chi connectivity index (χ0) is 13.7. The Kier molecular flexibility index (Phi) is 4.59. The minimum Gasteiger partial charge on any atom is -0.307 e. The van der Waals surface area contributed by atoms with Crippen LogP contribution in [0.2, 0.25) is 0 Å². The molecule has 0 bridgehead atoms. The molecule has 6 heteroatoms. The molecule has 1 aromatic carbocycles. The van der Waals surface area contributed by atoms with Crippen LogP contribution in [0.25, 0.3) is 0 Å². The number of hydrogen-bond acceptors (Lipinski definition) is 4. The number of non-ortho nitro benzene ring substituents is 1. The van der Waals surface area contributed by atoms with E-state index in [1.807, 2.05) is 24.3 Å². The van der Waals surface area contributed by atoms with Crippen LogP contribution < -0.4 is 5.32 Å². The average Bonchev–Trinajstić information content (AvgIpc) is 2.39. The van der Waals surface area contributed by atoms with Gasteiger partial charge in [0.15, 0.2) is 0 Å². The first kappa shape index (κ1) is 13.6. The van der Waals surface area contributed by atoms with E-state index in [2.05, 4.69) is 26.2 Å². The Hall–Kier alpha value is -1.79. The topological polar surface area (TPSA) is 68.1 Å². The Morgan fingerprint density at radius 1 is 1.26 bits per heavy atom. The Bertz CT molecular complexity index is 575. The van der Waals surface area contributed by atoms with Crippen molar-refractivity contribution in [2.24, 2.45) is 0 Å². The fraction of sp³-hybridized carbons (Fsp3) is 0.154. The first-order valence-corrected chi connectivity index (χ1v) is 6.49. The average molecular weight is 322 g/mol. The molecule has 1 aromatic heterocycles. The lowest BCUT2D eigenvalue weighted by atomic mass is 10.2. The second-order valence-corrected chi connectivity index (χ2v) is 4.92. The summed E-state index contributed by atoms with van der Waals surface area (Å²) < 4.78 is 0.705. The monoisotopic (exact) mass is 321 g/mol. The Morgan fingerprint density at radius 2 is 2.11 bits per heavy atom. The van der Waals surface area contributed by atoms with Crippen LogP contribution in [0.4, 0.5) is 5.69 Å². The van der Waals surface area contributed by atoms with Gasteiger partial charge in [-0.25, -0.2) is 0 Å². The largest absolute Gasteiger partial charge is 0.307 e. The van der Waals surface area contributed by atoms with Crippen molar-refractivity contribution in [2.45, 2.75) is 13.1 Å². The molecule has 19 heavy (non-hydrogen) atoms. The Balaban J connectivity index is 1.98. The molecule has 0 saturated carbocycles. The number of benzene rings is 1. The summed E-state index contributed by atoms with van der Waals surface area (Å²) in [5, 5.41) is 14.0. The van der Waals surface area contributed by atoms with Gasteiger partial charge in [0.2, 0.25) is 0 Å². The second kappa shape index (κ2) is 6.40. The summed E-state index contributed by atoms with van der Waals surface area (Å²) in [5.74, 6) is 0. The lowest BCUT2D eigenvalue weighted by Gasteiger charge is -2.05. The van der Waals surface area contributed by atoms with Gasteiger partial charge >= 0.3 is 0 Å². The van der Waals surface area contributed by atoms with E-state index in [0.29, 0.717) is 17.6 Å². The van der Waals surface area contributed by atoms with E-state index in [1.165, 1.54) is 6.07 Å². The number of nitrogens with zero attached hydrogens (tertiary/aromatic N) is 2. The van der Waals surface area contributed by atoms with Gasteiger partial charge in [0, 0.05) is 35.9 Å². The molecule has 2 rings (SSSR count). The van der Waals surface area contributed by atoms with Crippen molar-refractivity contribution in [3.8, 4) is 0 Å². The standard InChI is InChI=1S/C13H12BrN3O2/c14-11-5-10(6-13(7-11)17(18)19)8-15-9-12-3-1-2-4-16-12/h1-7,15H,8-9H2. The number of halogens is 1. The lowest BCUT2D eigenvalue weighted by Crippen LogP contribution is -2.13. The highest BCUT2D eigenvalue weighted by Crippen LogP contribution is 2.21. The van der Waals surface area contributed by atoms with Crippen LogP contribution in [-0.4, -0.2) is 9.91 Å². The number of nitrogens with one attached hydrogen (secondary N) is 1. The molecule has 0 amide bonds. The van der Waals surface area contributed by atoms with Crippen LogP contribution in [0.5, 0.6) is 0 Å². The maximum atomic E-state index is 10.8. The molecule has 98 valence electrons. The van der Waals surface area contributed by atoms with E-state index in [9.17, 15) is 10.1 Å². The van der Waals surface area contributed by atoms with E-state index < -0.39 is 4.92 Å². The maximum absolute atomic E-state index is 10.8. The number of hydrogen-bond donors (Lipinski definition) is 1. The van der Waals surface area contributed by atoms with Gasteiger partial charge in [0.1, 0.15) is 0 Å². The van der Waals surface area contributed by atoms with Crippen molar-refractivity contribution in [3.05, 3.63) is 68.4 Å². The number of pyridine rings is 1. The minimum atomic E-state index is -0.396. The normalized spacial score (nSPS) is 10.4. The van der Waals surface area contributed by atoms with Crippen molar-refractivity contribution in [1.29, 1.82) is 0 Å². The fourth-order valence-corrected chi connectivity index (χ4v) is 2.21. The predicted octanol–water partition coefficient (Wildman–Crippen LogP) is 3.04. The molecule has 1 N–H and O–H groups in total. The van der Waals surface area contributed by atoms with E-state index >= 15 is 0 Å². The number of rotatable bonds is 5. The predicted molar refractivity (Wildman–Crippen MR) is 75.6 cm³/mol. The third-order valence-electron chi connectivity index (χ3n) is 2.51. The van der Waals surface area contributed by atoms with Crippen molar-refractivity contribution >= 4 is 21.6 Å². The third-order valence-corrected chi connectivity index (χ3v) is 2.97. The molecule has 5 nitrogen and oxygen atoms in total. The Labute approximate surface area is 119 Å². The van der Waals surface area contributed by atoms with Gasteiger partial charge in [-0.15, -0.1) is 0 Å². The third kappa shape index (κ3) is 4.11. The molecule has 1 heterocycles. The lowest BCUT2D eigenvalue weighted by molar-refractivity contribution is -0.385. The first-order chi connectivity index (χ1) is 9.15. The molecular weight excluding hydrogens is 310 g/mol. The molecule has 0 aliphatic heterocycles. The van der Waals surface area contributed by atoms with Crippen LogP contribution in [0.3, 0.4) is 0 Å². The second-order valence-electron chi connectivity index (χ2n) is 4.00. The van der Waals surface area contributed by atoms with Crippen LogP contribution in [0.1, 0.15) is 11.3 Å². The molecule has 0 fully saturated rings. The van der Waals surface area contributed by atoms with Gasteiger partial charge in [-0.05, 0) is 23.8 Å². The molecule has 0 aliphatic carbocycles. The molecule has 0 spiro atoms.